The van der Waals surface area contributed by atoms with Gasteiger partial charge in [-0.3, -0.25) is 9.69 Å². The largest absolute Gasteiger partial charge is 0.383 e. The molecular formula is C15H28Cl2N4O2S. The molecule has 1 atom stereocenters. The summed E-state index contributed by atoms with van der Waals surface area (Å²) in [4.78, 5) is 18.7. The molecule has 1 saturated heterocycles. The Morgan fingerprint density at radius 1 is 1.50 bits per heavy atom. The quantitative estimate of drug-likeness (QED) is 0.728. The smallest absolute Gasteiger partial charge is 0.239 e. The first-order valence-corrected chi connectivity index (χ1v) is 8.62. The van der Waals surface area contributed by atoms with Gasteiger partial charge in [0.1, 0.15) is 6.04 Å². The zero-order valence-corrected chi connectivity index (χ0v) is 16.6. The van der Waals surface area contributed by atoms with Gasteiger partial charge in [0.2, 0.25) is 5.91 Å². The van der Waals surface area contributed by atoms with E-state index in [0.29, 0.717) is 12.5 Å². The van der Waals surface area contributed by atoms with Crippen LogP contribution in [0.2, 0.25) is 0 Å². The molecule has 1 amide bonds. The van der Waals surface area contributed by atoms with Crippen molar-refractivity contribution in [3.05, 3.63) is 16.1 Å². The number of halogens is 2. The van der Waals surface area contributed by atoms with Crippen molar-refractivity contribution in [2.45, 2.75) is 32.4 Å². The molecule has 140 valence electrons. The Hall–Kier alpha value is -0.440. The molecule has 1 aliphatic rings. The highest BCUT2D eigenvalue weighted by molar-refractivity contribution is 7.09. The minimum atomic E-state index is -0.571. The summed E-state index contributed by atoms with van der Waals surface area (Å²) in [5.41, 5.74) is 6.87. The van der Waals surface area contributed by atoms with Gasteiger partial charge < -0.3 is 15.8 Å². The van der Waals surface area contributed by atoms with E-state index in [2.05, 4.69) is 20.6 Å². The van der Waals surface area contributed by atoms with E-state index >= 15 is 0 Å². The number of nitrogens with one attached hydrogen (secondary N) is 1. The lowest BCUT2D eigenvalue weighted by Gasteiger charge is -2.31. The number of carbonyl (C=O) groups excluding carboxylic acids is 1. The van der Waals surface area contributed by atoms with Crippen LogP contribution in [0.1, 0.15) is 23.5 Å². The summed E-state index contributed by atoms with van der Waals surface area (Å²) in [6.45, 7) is 6.05. The van der Waals surface area contributed by atoms with E-state index in [1.165, 1.54) is 5.69 Å². The number of hydrogen-bond donors (Lipinski definition) is 2. The fourth-order valence-corrected chi connectivity index (χ4v) is 3.29. The molecule has 0 bridgehead atoms. The lowest BCUT2D eigenvalue weighted by molar-refractivity contribution is -0.123. The number of carbonyl (C=O) groups is 1. The summed E-state index contributed by atoms with van der Waals surface area (Å²) < 4.78 is 4.89. The van der Waals surface area contributed by atoms with Gasteiger partial charge in [0.25, 0.3) is 0 Å². The summed E-state index contributed by atoms with van der Waals surface area (Å²) >= 11 is 1.70. The molecule has 0 aliphatic carbocycles. The third kappa shape index (κ3) is 7.63. The number of methoxy groups -OCH3 is 1. The number of amides is 1. The highest BCUT2D eigenvalue weighted by Crippen LogP contribution is 2.19. The van der Waals surface area contributed by atoms with Crippen LogP contribution in [0.5, 0.6) is 0 Å². The van der Waals surface area contributed by atoms with E-state index in [1.807, 2.05) is 6.92 Å². The average molecular weight is 399 g/mol. The van der Waals surface area contributed by atoms with Gasteiger partial charge in [-0.15, -0.1) is 36.2 Å². The maximum Gasteiger partial charge on any atom is 0.239 e. The Bertz CT molecular complexity index is 482. The molecule has 6 nitrogen and oxygen atoms in total. The lowest BCUT2D eigenvalue weighted by atomic mass is 9.96. The first kappa shape index (κ1) is 23.6. The van der Waals surface area contributed by atoms with E-state index in [0.717, 1.165) is 37.5 Å². The number of aromatic nitrogens is 1. The second kappa shape index (κ2) is 12.0. The second-order valence-corrected chi connectivity index (χ2v) is 6.95. The Morgan fingerprint density at radius 3 is 2.71 bits per heavy atom. The number of hydrogen-bond acceptors (Lipinski definition) is 6. The number of rotatable bonds is 7. The van der Waals surface area contributed by atoms with Crippen molar-refractivity contribution in [1.82, 2.24) is 15.2 Å². The highest BCUT2D eigenvalue weighted by Gasteiger charge is 2.21. The van der Waals surface area contributed by atoms with Crippen LogP contribution in [-0.2, 0) is 16.1 Å². The topological polar surface area (TPSA) is 80.5 Å². The molecule has 0 aromatic carbocycles. The normalized spacial score (nSPS) is 16.8. The van der Waals surface area contributed by atoms with Gasteiger partial charge in [-0.1, -0.05) is 0 Å². The van der Waals surface area contributed by atoms with Gasteiger partial charge in [0.05, 0.1) is 17.3 Å². The summed E-state index contributed by atoms with van der Waals surface area (Å²) in [5.74, 6) is 0.411. The number of likely N-dealkylation sites (tertiary alicyclic amines) is 1. The van der Waals surface area contributed by atoms with Crippen molar-refractivity contribution < 1.29 is 9.53 Å². The SMILES string of the molecule is COCC(N)C(=O)NCC1CCN(Cc2csc(C)n2)CC1.Cl.Cl. The Morgan fingerprint density at radius 2 is 2.17 bits per heavy atom. The average Bonchev–Trinajstić information content (AvgIpc) is 2.91. The lowest BCUT2D eigenvalue weighted by Crippen LogP contribution is -2.46. The van der Waals surface area contributed by atoms with Crippen LogP contribution >= 0.6 is 36.2 Å². The number of ether oxygens (including phenoxy) is 1. The van der Waals surface area contributed by atoms with Crippen LogP contribution in [0, 0.1) is 12.8 Å². The minimum Gasteiger partial charge on any atom is -0.383 e. The first-order valence-electron chi connectivity index (χ1n) is 7.74. The van der Waals surface area contributed by atoms with Crippen molar-refractivity contribution in [3.8, 4) is 0 Å². The maximum atomic E-state index is 11.7. The van der Waals surface area contributed by atoms with Crippen LogP contribution in [0.4, 0.5) is 0 Å². The fourth-order valence-electron chi connectivity index (χ4n) is 2.69. The zero-order valence-electron chi connectivity index (χ0n) is 14.2. The van der Waals surface area contributed by atoms with Gasteiger partial charge in [0, 0.05) is 25.6 Å². The summed E-state index contributed by atoms with van der Waals surface area (Å²) in [5, 5.41) is 6.19. The van der Waals surface area contributed by atoms with Crippen LogP contribution in [0.3, 0.4) is 0 Å². The number of aryl methyl sites for hydroxylation is 1. The van der Waals surface area contributed by atoms with Crippen LogP contribution in [0.25, 0.3) is 0 Å². The molecule has 1 fully saturated rings. The zero-order chi connectivity index (χ0) is 15.9. The highest BCUT2D eigenvalue weighted by atomic mass is 35.5. The minimum absolute atomic E-state index is 0. The van der Waals surface area contributed by atoms with E-state index in [9.17, 15) is 4.79 Å². The summed E-state index contributed by atoms with van der Waals surface area (Å²) in [6.07, 6.45) is 2.20. The van der Waals surface area contributed by atoms with Gasteiger partial charge in [0.15, 0.2) is 0 Å². The first-order chi connectivity index (χ1) is 10.6. The number of nitrogens with two attached hydrogens (primary N) is 1. The molecule has 3 N–H and O–H groups in total. The molecule has 0 radical (unpaired) electrons. The van der Waals surface area contributed by atoms with Crippen LogP contribution in [0.15, 0.2) is 5.38 Å². The van der Waals surface area contributed by atoms with Gasteiger partial charge in [-0.05, 0) is 38.8 Å². The predicted molar refractivity (Wildman–Crippen MR) is 102 cm³/mol. The maximum absolute atomic E-state index is 11.7. The van der Waals surface area contributed by atoms with Gasteiger partial charge in [-0.2, -0.15) is 0 Å². The number of piperidine rings is 1. The molecule has 1 unspecified atom stereocenters. The predicted octanol–water partition coefficient (Wildman–Crippen LogP) is 1.60. The van der Waals surface area contributed by atoms with E-state index in [-0.39, 0.29) is 37.3 Å². The molecule has 24 heavy (non-hydrogen) atoms. The molecule has 2 heterocycles. The number of nitrogens with zero attached hydrogens (tertiary/aromatic N) is 2. The summed E-state index contributed by atoms with van der Waals surface area (Å²) in [6, 6.07) is -0.571. The second-order valence-electron chi connectivity index (χ2n) is 5.88. The molecular weight excluding hydrogens is 371 g/mol. The Kier molecular flexibility index (Phi) is 11.8. The molecule has 1 aromatic rings. The van der Waals surface area contributed by atoms with Crippen molar-refractivity contribution in [2.24, 2.45) is 11.7 Å². The molecule has 0 saturated carbocycles. The molecule has 1 aromatic heterocycles. The molecule has 9 heteroatoms. The van der Waals surface area contributed by atoms with Crippen LogP contribution in [-0.4, -0.2) is 55.2 Å². The van der Waals surface area contributed by atoms with Gasteiger partial charge in [-0.25, -0.2) is 4.98 Å². The van der Waals surface area contributed by atoms with Gasteiger partial charge >= 0.3 is 0 Å². The standard InChI is InChI=1S/C15H26N4O2S.2ClH/c1-11-18-13(10-22-11)8-19-5-3-12(4-6-19)7-17-15(20)14(16)9-21-2;;/h10,12,14H,3-9,16H2,1-2H3,(H,17,20);2*1H. The molecule has 2 rings (SSSR count). The Balaban J connectivity index is 0.00000264. The van der Waals surface area contributed by atoms with Crippen molar-refractivity contribution in [1.29, 1.82) is 0 Å². The van der Waals surface area contributed by atoms with E-state index in [4.69, 9.17) is 10.5 Å². The third-order valence-electron chi connectivity index (χ3n) is 4.01. The van der Waals surface area contributed by atoms with E-state index in [1.54, 1.807) is 18.4 Å². The van der Waals surface area contributed by atoms with Crippen molar-refractivity contribution >= 4 is 42.1 Å². The fraction of sp³-hybridized carbons (Fsp3) is 0.733. The van der Waals surface area contributed by atoms with Crippen molar-refractivity contribution in [2.75, 3.05) is 33.4 Å². The van der Waals surface area contributed by atoms with E-state index < -0.39 is 6.04 Å². The Labute approximate surface area is 160 Å². The summed E-state index contributed by atoms with van der Waals surface area (Å²) in [7, 11) is 1.55. The third-order valence-corrected chi connectivity index (χ3v) is 4.83. The molecule has 1 aliphatic heterocycles. The monoisotopic (exact) mass is 398 g/mol. The molecule has 0 spiro atoms. The van der Waals surface area contributed by atoms with Crippen LogP contribution < -0.4 is 11.1 Å². The number of thiazole rings is 1. The van der Waals surface area contributed by atoms with Crippen molar-refractivity contribution in [3.63, 3.8) is 0 Å².